The predicted molar refractivity (Wildman–Crippen MR) is 65.0 cm³/mol. The molecule has 1 aromatic rings. The van der Waals surface area contributed by atoms with Crippen LogP contribution < -0.4 is 19.9 Å². The lowest BCUT2D eigenvalue weighted by Crippen LogP contribution is -2.37. The minimum atomic E-state index is -0.857. The van der Waals surface area contributed by atoms with Gasteiger partial charge in [-0.2, -0.15) is 0 Å². The first-order valence-electron chi connectivity index (χ1n) is 5.31. The molecule has 0 saturated carbocycles. The highest BCUT2D eigenvalue weighted by atomic mass is 16.5. The van der Waals surface area contributed by atoms with Crippen LogP contribution in [-0.2, 0) is 9.53 Å². The van der Waals surface area contributed by atoms with Crippen molar-refractivity contribution < 1.29 is 23.7 Å². The average Bonchev–Trinajstić information content (AvgIpc) is 2.43. The lowest BCUT2D eigenvalue weighted by atomic mass is 10.3. The number of hydrogen-bond donors (Lipinski definition) is 1. The Morgan fingerprint density at radius 2 is 1.78 bits per heavy atom. The molecule has 1 atom stereocenters. The van der Waals surface area contributed by atoms with Crippen LogP contribution >= 0.6 is 0 Å². The Morgan fingerprint density at radius 3 is 2.22 bits per heavy atom. The highest BCUT2D eigenvalue weighted by molar-refractivity contribution is 5.75. The van der Waals surface area contributed by atoms with Crippen LogP contribution in [0.4, 0.5) is 0 Å². The van der Waals surface area contributed by atoms with Crippen molar-refractivity contribution in [1.29, 1.82) is 0 Å². The summed E-state index contributed by atoms with van der Waals surface area (Å²) >= 11 is 0. The molecule has 0 saturated heterocycles. The molecule has 100 valence electrons. The first kappa shape index (κ1) is 14.1. The van der Waals surface area contributed by atoms with Gasteiger partial charge in [0.25, 0.3) is 0 Å². The van der Waals surface area contributed by atoms with E-state index in [1.54, 1.807) is 18.2 Å². The molecule has 6 nitrogen and oxygen atoms in total. The zero-order valence-electron chi connectivity index (χ0n) is 10.6. The Morgan fingerprint density at radius 1 is 1.22 bits per heavy atom. The minimum absolute atomic E-state index is 0.0244. The van der Waals surface area contributed by atoms with Crippen LogP contribution in [0.3, 0.4) is 0 Å². The molecule has 6 heteroatoms. The molecule has 0 aliphatic heterocycles. The summed E-state index contributed by atoms with van der Waals surface area (Å²) in [6.45, 7) is -0.0244. The SMILES string of the molecule is COC(=O)C(N)COc1c(OC)cccc1OC. The van der Waals surface area contributed by atoms with Gasteiger partial charge >= 0.3 is 5.97 Å². The van der Waals surface area contributed by atoms with Crippen molar-refractivity contribution in [2.45, 2.75) is 6.04 Å². The van der Waals surface area contributed by atoms with E-state index in [2.05, 4.69) is 4.74 Å². The number of nitrogens with two attached hydrogens (primary N) is 1. The van der Waals surface area contributed by atoms with Crippen LogP contribution in [-0.4, -0.2) is 39.9 Å². The second kappa shape index (κ2) is 6.70. The quantitative estimate of drug-likeness (QED) is 0.749. The maximum atomic E-state index is 11.2. The van der Waals surface area contributed by atoms with Crippen molar-refractivity contribution in [2.24, 2.45) is 5.73 Å². The maximum absolute atomic E-state index is 11.2. The maximum Gasteiger partial charge on any atom is 0.326 e. The molecular weight excluding hydrogens is 238 g/mol. The van der Waals surface area contributed by atoms with Gasteiger partial charge in [0, 0.05) is 0 Å². The summed E-state index contributed by atoms with van der Waals surface area (Å²) in [5, 5.41) is 0. The number of esters is 1. The van der Waals surface area contributed by atoms with Crippen molar-refractivity contribution in [3.63, 3.8) is 0 Å². The van der Waals surface area contributed by atoms with Crippen molar-refractivity contribution in [1.82, 2.24) is 0 Å². The molecule has 1 aromatic carbocycles. The van der Waals surface area contributed by atoms with Crippen molar-refractivity contribution >= 4 is 5.97 Å². The van der Waals surface area contributed by atoms with Gasteiger partial charge in [-0.05, 0) is 12.1 Å². The van der Waals surface area contributed by atoms with Gasteiger partial charge < -0.3 is 24.7 Å². The largest absolute Gasteiger partial charge is 0.493 e. The highest BCUT2D eigenvalue weighted by Gasteiger charge is 2.17. The highest BCUT2D eigenvalue weighted by Crippen LogP contribution is 2.36. The summed E-state index contributed by atoms with van der Waals surface area (Å²) in [5.74, 6) is 0.878. The molecule has 0 heterocycles. The molecule has 0 aliphatic carbocycles. The summed E-state index contributed by atoms with van der Waals surface area (Å²) in [4.78, 5) is 11.2. The second-order valence-corrected chi connectivity index (χ2v) is 3.43. The number of para-hydroxylation sites is 1. The van der Waals surface area contributed by atoms with E-state index in [-0.39, 0.29) is 6.61 Å². The van der Waals surface area contributed by atoms with E-state index in [1.165, 1.54) is 21.3 Å². The average molecular weight is 255 g/mol. The Bertz CT molecular complexity index is 385. The van der Waals surface area contributed by atoms with Crippen LogP contribution in [0.15, 0.2) is 18.2 Å². The molecule has 1 rings (SSSR count). The van der Waals surface area contributed by atoms with Gasteiger partial charge in [0.2, 0.25) is 5.75 Å². The molecule has 0 amide bonds. The standard InChI is InChI=1S/C12H17NO5/c1-15-9-5-4-6-10(16-2)11(9)18-7-8(13)12(14)17-3/h4-6,8H,7,13H2,1-3H3. The third-order valence-electron chi connectivity index (χ3n) is 2.29. The normalized spacial score (nSPS) is 11.6. The minimum Gasteiger partial charge on any atom is -0.493 e. The molecule has 18 heavy (non-hydrogen) atoms. The number of hydrogen-bond acceptors (Lipinski definition) is 6. The van der Waals surface area contributed by atoms with Gasteiger partial charge in [-0.1, -0.05) is 6.07 Å². The van der Waals surface area contributed by atoms with E-state index in [1.807, 2.05) is 0 Å². The molecular formula is C12H17NO5. The van der Waals surface area contributed by atoms with E-state index in [4.69, 9.17) is 19.9 Å². The summed E-state index contributed by atoms with van der Waals surface area (Å²) in [6.07, 6.45) is 0. The van der Waals surface area contributed by atoms with Crippen LogP contribution in [0.1, 0.15) is 0 Å². The second-order valence-electron chi connectivity index (χ2n) is 3.43. The van der Waals surface area contributed by atoms with Gasteiger partial charge in [-0.25, -0.2) is 0 Å². The van der Waals surface area contributed by atoms with Crippen molar-refractivity contribution in [3.8, 4) is 17.2 Å². The first-order chi connectivity index (χ1) is 8.63. The van der Waals surface area contributed by atoms with Crippen molar-refractivity contribution in [3.05, 3.63) is 18.2 Å². The van der Waals surface area contributed by atoms with Gasteiger partial charge in [-0.3, -0.25) is 4.79 Å². The van der Waals surface area contributed by atoms with E-state index in [0.29, 0.717) is 17.2 Å². The van der Waals surface area contributed by atoms with Gasteiger partial charge in [-0.15, -0.1) is 0 Å². The van der Waals surface area contributed by atoms with E-state index in [9.17, 15) is 4.79 Å². The fourth-order valence-corrected chi connectivity index (χ4v) is 1.35. The van der Waals surface area contributed by atoms with E-state index >= 15 is 0 Å². The Labute approximate surface area is 106 Å². The fourth-order valence-electron chi connectivity index (χ4n) is 1.35. The fraction of sp³-hybridized carbons (Fsp3) is 0.417. The molecule has 0 spiro atoms. The third kappa shape index (κ3) is 3.27. The number of methoxy groups -OCH3 is 3. The molecule has 0 radical (unpaired) electrons. The summed E-state index contributed by atoms with van der Waals surface area (Å²) in [6, 6.07) is 4.36. The van der Waals surface area contributed by atoms with Gasteiger partial charge in [0.1, 0.15) is 12.6 Å². The molecule has 0 bridgehead atoms. The van der Waals surface area contributed by atoms with Crippen LogP contribution in [0.2, 0.25) is 0 Å². The van der Waals surface area contributed by atoms with Gasteiger partial charge in [0.05, 0.1) is 21.3 Å². The van der Waals surface area contributed by atoms with E-state index < -0.39 is 12.0 Å². The Balaban J connectivity index is 2.80. The topological polar surface area (TPSA) is 80.0 Å². The lowest BCUT2D eigenvalue weighted by Gasteiger charge is -2.16. The third-order valence-corrected chi connectivity index (χ3v) is 2.29. The molecule has 1 unspecified atom stereocenters. The predicted octanol–water partition coefficient (Wildman–Crippen LogP) is 0.583. The molecule has 0 aliphatic rings. The number of ether oxygens (including phenoxy) is 4. The number of rotatable bonds is 6. The number of benzene rings is 1. The molecule has 0 fully saturated rings. The summed E-state index contributed by atoms with van der Waals surface area (Å²) < 4.78 is 20.3. The smallest absolute Gasteiger partial charge is 0.326 e. The number of carbonyl (C=O) groups excluding carboxylic acids is 1. The molecule has 2 N–H and O–H groups in total. The lowest BCUT2D eigenvalue weighted by molar-refractivity contribution is -0.142. The van der Waals surface area contributed by atoms with Gasteiger partial charge in [0.15, 0.2) is 11.5 Å². The Kier molecular flexibility index (Phi) is 5.26. The monoisotopic (exact) mass is 255 g/mol. The Hall–Kier alpha value is -1.95. The van der Waals surface area contributed by atoms with Crippen LogP contribution in [0.25, 0.3) is 0 Å². The first-order valence-corrected chi connectivity index (χ1v) is 5.31. The summed E-state index contributed by atoms with van der Waals surface area (Å²) in [5.41, 5.74) is 5.58. The molecule has 0 aromatic heterocycles. The van der Waals surface area contributed by atoms with Crippen LogP contribution in [0, 0.1) is 0 Å². The summed E-state index contributed by atoms with van der Waals surface area (Å²) in [7, 11) is 4.30. The van der Waals surface area contributed by atoms with Crippen LogP contribution in [0.5, 0.6) is 17.2 Å². The zero-order chi connectivity index (χ0) is 13.5. The number of carbonyl (C=O) groups is 1. The zero-order valence-corrected chi connectivity index (χ0v) is 10.6. The van der Waals surface area contributed by atoms with Crippen molar-refractivity contribution in [2.75, 3.05) is 27.9 Å². The van der Waals surface area contributed by atoms with E-state index in [0.717, 1.165) is 0 Å².